The van der Waals surface area contributed by atoms with Crippen LogP contribution in [0.4, 0.5) is 18.9 Å². The van der Waals surface area contributed by atoms with Crippen LogP contribution in [0, 0.1) is 10.8 Å². The molecular formula is C20H15Cl2F3N2O4. The first-order valence-electron chi connectivity index (χ1n) is 9.03. The quantitative estimate of drug-likeness (QED) is 0.409. The number of rotatable bonds is 6. The second-order valence-corrected chi connectivity index (χ2v) is 7.77. The third kappa shape index (κ3) is 4.24. The van der Waals surface area contributed by atoms with E-state index in [2.05, 4.69) is 9.91 Å². The number of hydrogen-bond acceptors (Lipinski definition) is 5. The Labute approximate surface area is 184 Å². The number of amides is 2. The van der Waals surface area contributed by atoms with Gasteiger partial charge in [0.05, 0.1) is 11.6 Å². The van der Waals surface area contributed by atoms with Gasteiger partial charge < -0.3 is 4.74 Å². The van der Waals surface area contributed by atoms with Gasteiger partial charge in [0.25, 0.3) is 0 Å². The molecular weight excluding hydrogens is 460 g/mol. The summed E-state index contributed by atoms with van der Waals surface area (Å²) < 4.78 is 41.3. The van der Waals surface area contributed by atoms with E-state index in [-0.39, 0.29) is 27.7 Å². The molecule has 1 aliphatic heterocycles. The molecule has 0 saturated carbocycles. The summed E-state index contributed by atoms with van der Waals surface area (Å²) in [7, 11) is 0. The van der Waals surface area contributed by atoms with Crippen LogP contribution in [-0.4, -0.2) is 24.7 Å². The van der Waals surface area contributed by atoms with Crippen molar-refractivity contribution in [1.82, 2.24) is 0 Å². The van der Waals surface area contributed by atoms with Crippen LogP contribution in [0.2, 0.25) is 10.0 Å². The smallest absolute Gasteiger partial charge is 0.406 e. The van der Waals surface area contributed by atoms with E-state index in [0.29, 0.717) is 0 Å². The van der Waals surface area contributed by atoms with Crippen LogP contribution in [0.3, 0.4) is 0 Å². The van der Waals surface area contributed by atoms with Crippen molar-refractivity contribution in [1.29, 1.82) is 0 Å². The molecule has 6 nitrogen and oxygen atoms in total. The number of anilines is 1. The molecule has 0 aromatic heterocycles. The second-order valence-electron chi connectivity index (χ2n) is 6.90. The molecule has 1 unspecified atom stereocenters. The van der Waals surface area contributed by atoms with Crippen molar-refractivity contribution in [3.63, 3.8) is 0 Å². The Hall–Kier alpha value is -2.65. The lowest BCUT2D eigenvalue weighted by Gasteiger charge is -2.29. The van der Waals surface area contributed by atoms with E-state index in [0.717, 1.165) is 17.0 Å². The summed E-state index contributed by atoms with van der Waals surface area (Å²) in [5, 5.41) is 3.26. The molecule has 1 aliphatic rings. The maximum absolute atomic E-state index is 13.5. The molecule has 0 aliphatic carbocycles. The summed E-state index contributed by atoms with van der Waals surface area (Å²) in [4.78, 5) is 38.9. The molecule has 0 N–H and O–H groups in total. The van der Waals surface area contributed by atoms with E-state index in [1.807, 2.05) is 0 Å². The summed E-state index contributed by atoms with van der Waals surface area (Å²) in [5.74, 6) is -2.82. The summed E-state index contributed by atoms with van der Waals surface area (Å²) >= 11 is 12.0. The highest BCUT2D eigenvalue weighted by molar-refractivity contribution is 6.36. The summed E-state index contributed by atoms with van der Waals surface area (Å²) in [5.41, 5.74) is -1.41. The zero-order valence-electron chi connectivity index (χ0n) is 16.0. The van der Waals surface area contributed by atoms with Gasteiger partial charge in [0.1, 0.15) is 17.7 Å². The Morgan fingerprint density at radius 3 is 2.16 bits per heavy atom. The van der Waals surface area contributed by atoms with Gasteiger partial charge in [-0.2, -0.15) is 4.91 Å². The maximum atomic E-state index is 13.5. The molecule has 3 rings (SSSR count). The van der Waals surface area contributed by atoms with E-state index >= 15 is 0 Å². The zero-order valence-corrected chi connectivity index (χ0v) is 17.5. The zero-order chi connectivity index (χ0) is 23.0. The fourth-order valence-corrected chi connectivity index (χ4v) is 4.42. The van der Waals surface area contributed by atoms with E-state index in [1.54, 1.807) is 6.92 Å². The highest BCUT2D eigenvalue weighted by atomic mass is 35.5. The number of carbonyl (C=O) groups excluding carboxylic acids is 2. The Kier molecular flexibility index (Phi) is 6.29. The first kappa shape index (κ1) is 23.0. The molecule has 0 spiro atoms. The topological polar surface area (TPSA) is 76.0 Å². The van der Waals surface area contributed by atoms with Crippen LogP contribution >= 0.6 is 23.2 Å². The number of ether oxygens (including phenoxy) is 1. The number of nitrogens with zero attached hydrogens (tertiary/aromatic N) is 2. The van der Waals surface area contributed by atoms with Gasteiger partial charge in [-0.1, -0.05) is 47.4 Å². The lowest BCUT2D eigenvalue weighted by atomic mass is 9.70. The van der Waals surface area contributed by atoms with E-state index in [9.17, 15) is 27.7 Å². The Balaban J connectivity index is 2.12. The van der Waals surface area contributed by atoms with Crippen molar-refractivity contribution in [2.24, 2.45) is 11.1 Å². The van der Waals surface area contributed by atoms with Crippen LogP contribution in [0.5, 0.6) is 5.75 Å². The molecule has 164 valence electrons. The number of halogens is 5. The molecule has 1 fully saturated rings. The van der Waals surface area contributed by atoms with Gasteiger partial charge in [-0.15, -0.1) is 13.2 Å². The molecule has 0 bridgehead atoms. The van der Waals surface area contributed by atoms with Crippen molar-refractivity contribution < 1.29 is 27.5 Å². The summed E-state index contributed by atoms with van der Waals surface area (Å²) in [6, 6.07) is 8.64. The van der Waals surface area contributed by atoms with Crippen molar-refractivity contribution >= 4 is 40.7 Å². The number of benzene rings is 2. The van der Waals surface area contributed by atoms with Crippen LogP contribution in [0.25, 0.3) is 0 Å². The minimum atomic E-state index is -4.89. The van der Waals surface area contributed by atoms with Gasteiger partial charge >= 0.3 is 6.36 Å². The van der Waals surface area contributed by atoms with E-state index in [4.69, 9.17) is 23.2 Å². The Morgan fingerprint density at radius 2 is 1.68 bits per heavy atom. The highest BCUT2D eigenvalue weighted by Gasteiger charge is 2.60. The van der Waals surface area contributed by atoms with Crippen LogP contribution in [0.1, 0.15) is 18.9 Å². The van der Waals surface area contributed by atoms with Crippen molar-refractivity contribution in [3.8, 4) is 5.75 Å². The van der Waals surface area contributed by atoms with Gasteiger partial charge in [0, 0.05) is 10.0 Å². The fraction of sp³-hybridized carbons (Fsp3) is 0.300. The highest BCUT2D eigenvalue weighted by Crippen LogP contribution is 2.46. The minimum absolute atomic E-state index is 0.121. The Bertz CT molecular complexity index is 1010. The molecule has 1 heterocycles. The predicted octanol–water partition coefficient (Wildman–Crippen LogP) is 5.50. The van der Waals surface area contributed by atoms with Gasteiger partial charge in [-0.05, 0) is 42.3 Å². The maximum Gasteiger partial charge on any atom is 0.573 e. The average molecular weight is 475 g/mol. The van der Waals surface area contributed by atoms with Crippen LogP contribution < -0.4 is 9.64 Å². The third-order valence-electron chi connectivity index (χ3n) is 5.13. The summed E-state index contributed by atoms with van der Waals surface area (Å²) in [6.07, 6.45) is -4.72. The first-order valence-corrected chi connectivity index (χ1v) is 9.79. The standard InChI is InChI=1S/C20H15Cl2F3N2O4/c1-2-16-17(28)27(14-8-12(21)7-13(22)9-14)18(29)19(16,10-26-30)11-3-5-15(6-4-11)31-20(23,24)25/h3-9,16H,2,10H2,1H3/t16?,19-/m0/s1. The van der Waals surface area contributed by atoms with Crippen LogP contribution in [0.15, 0.2) is 47.6 Å². The number of alkyl halides is 3. The lowest BCUT2D eigenvalue weighted by molar-refractivity contribution is -0.274. The monoisotopic (exact) mass is 474 g/mol. The number of nitroso groups, excluding NO2 is 1. The molecule has 2 atom stereocenters. The third-order valence-corrected chi connectivity index (χ3v) is 5.57. The molecule has 11 heteroatoms. The number of hydrogen-bond donors (Lipinski definition) is 0. The van der Waals surface area contributed by atoms with E-state index < -0.39 is 41.8 Å². The predicted molar refractivity (Wildman–Crippen MR) is 108 cm³/mol. The molecule has 2 aromatic rings. The fourth-order valence-electron chi connectivity index (χ4n) is 3.90. The molecule has 2 amide bonds. The van der Waals surface area contributed by atoms with Crippen LogP contribution in [-0.2, 0) is 15.0 Å². The van der Waals surface area contributed by atoms with Crippen molar-refractivity contribution in [3.05, 3.63) is 63.0 Å². The van der Waals surface area contributed by atoms with Crippen molar-refractivity contribution in [2.45, 2.75) is 25.1 Å². The molecule has 31 heavy (non-hydrogen) atoms. The second kappa shape index (κ2) is 8.47. The number of imide groups is 1. The average Bonchev–Trinajstić information content (AvgIpc) is 2.87. The number of carbonyl (C=O) groups is 2. The molecule has 2 aromatic carbocycles. The SMILES string of the molecule is CCC1C(=O)N(c2cc(Cl)cc(Cl)c2)C(=O)[C@@]1(CN=O)c1ccc(OC(F)(F)F)cc1. The van der Waals surface area contributed by atoms with Crippen molar-refractivity contribution in [2.75, 3.05) is 11.4 Å². The Morgan fingerprint density at radius 1 is 1.10 bits per heavy atom. The van der Waals surface area contributed by atoms with Gasteiger partial charge in [-0.25, -0.2) is 4.90 Å². The summed E-state index contributed by atoms with van der Waals surface area (Å²) in [6.45, 7) is 1.07. The largest absolute Gasteiger partial charge is 0.573 e. The molecule has 0 radical (unpaired) electrons. The van der Waals surface area contributed by atoms with Gasteiger partial charge in [0.2, 0.25) is 11.8 Å². The lowest BCUT2D eigenvalue weighted by Crippen LogP contribution is -2.43. The van der Waals surface area contributed by atoms with Gasteiger partial charge in [-0.3, -0.25) is 9.59 Å². The van der Waals surface area contributed by atoms with E-state index in [1.165, 1.54) is 30.3 Å². The normalized spacial score (nSPS) is 21.5. The van der Waals surface area contributed by atoms with Gasteiger partial charge in [0.15, 0.2) is 0 Å². The molecule has 1 saturated heterocycles. The minimum Gasteiger partial charge on any atom is -0.406 e. The first-order chi connectivity index (χ1) is 14.5.